The Bertz CT molecular complexity index is 898. The topological polar surface area (TPSA) is 81.7 Å². The van der Waals surface area contributed by atoms with Crippen molar-refractivity contribution in [2.24, 2.45) is 0 Å². The number of methoxy groups -OCH3 is 1. The number of fused-ring (bicyclic) bond motifs is 2. The van der Waals surface area contributed by atoms with Crippen LogP contribution in [0.15, 0.2) is 36.4 Å². The zero-order chi connectivity index (χ0) is 17.2. The smallest absolute Gasteiger partial charge is 0.273 e. The van der Waals surface area contributed by atoms with Gasteiger partial charge in [-0.1, -0.05) is 23.5 Å². The second-order valence-electron chi connectivity index (χ2n) is 5.26. The van der Waals surface area contributed by atoms with Gasteiger partial charge < -0.3 is 14.2 Å². The Morgan fingerprint density at radius 3 is 2.76 bits per heavy atom. The highest BCUT2D eigenvalue weighted by molar-refractivity contribution is 7.22. The number of hydrogen-bond donors (Lipinski definition) is 2. The lowest BCUT2D eigenvalue weighted by Crippen LogP contribution is -2.29. The number of carbonyl (C=O) groups excluding carboxylic acids is 1. The van der Waals surface area contributed by atoms with Crippen LogP contribution in [-0.2, 0) is 0 Å². The Balaban J connectivity index is 1.52. The number of rotatable bonds is 4. The first kappa shape index (κ1) is 15.5. The molecule has 1 aliphatic rings. The van der Waals surface area contributed by atoms with Gasteiger partial charge >= 0.3 is 0 Å². The van der Waals surface area contributed by atoms with Crippen LogP contribution < -0.4 is 25.1 Å². The molecule has 1 aliphatic heterocycles. The first-order valence-electron chi connectivity index (χ1n) is 7.64. The van der Waals surface area contributed by atoms with Crippen LogP contribution >= 0.6 is 11.3 Å². The minimum atomic E-state index is -0.303. The van der Waals surface area contributed by atoms with Crippen molar-refractivity contribution in [2.45, 2.75) is 0 Å². The van der Waals surface area contributed by atoms with Crippen molar-refractivity contribution < 1.29 is 19.0 Å². The van der Waals surface area contributed by atoms with E-state index in [1.54, 1.807) is 18.2 Å². The van der Waals surface area contributed by atoms with Gasteiger partial charge in [0.2, 0.25) is 5.13 Å². The summed E-state index contributed by atoms with van der Waals surface area (Å²) in [6, 6.07) is 10.7. The van der Waals surface area contributed by atoms with Gasteiger partial charge in [-0.05, 0) is 12.1 Å². The second-order valence-corrected chi connectivity index (χ2v) is 6.29. The van der Waals surface area contributed by atoms with Crippen molar-refractivity contribution in [1.29, 1.82) is 0 Å². The summed E-state index contributed by atoms with van der Waals surface area (Å²) < 4.78 is 17.3. The van der Waals surface area contributed by atoms with Gasteiger partial charge in [0.05, 0.1) is 22.9 Å². The standard InChI is InChI=1S/C17H15N3O4S/c1-22-12-5-3-2-4-10(12)16(21)19-20-17-18-11-8-13-14(9-15(11)25-17)24-7-6-23-13/h2-5,8-9H,6-7H2,1H3,(H,18,20)(H,19,21). The molecule has 128 valence electrons. The monoisotopic (exact) mass is 357 g/mol. The van der Waals surface area contributed by atoms with Gasteiger partial charge in [0.15, 0.2) is 11.5 Å². The molecule has 1 aromatic heterocycles. The van der Waals surface area contributed by atoms with E-state index in [1.165, 1.54) is 18.4 Å². The number of benzene rings is 2. The van der Waals surface area contributed by atoms with E-state index in [1.807, 2.05) is 18.2 Å². The zero-order valence-electron chi connectivity index (χ0n) is 13.4. The minimum Gasteiger partial charge on any atom is -0.496 e. The van der Waals surface area contributed by atoms with Gasteiger partial charge in [-0.3, -0.25) is 15.6 Å². The quantitative estimate of drug-likeness (QED) is 0.699. The number of ether oxygens (including phenoxy) is 3. The molecule has 1 amide bonds. The molecule has 7 nitrogen and oxygen atoms in total. The minimum absolute atomic E-state index is 0.303. The van der Waals surface area contributed by atoms with E-state index >= 15 is 0 Å². The summed E-state index contributed by atoms with van der Waals surface area (Å²) in [5, 5.41) is 0.570. The molecular formula is C17H15N3O4S. The van der Waals surface area contributed by atoms with E-state index in [9.17, 15) is 4.79 Å². The summed E-state index contributed by atoms with van der Waals surface area (Å²) in [6.45, 7) is 1.07. The van der Waals surface area contributed by atoms with E-state index in [2.05, 4.69) is 15.8 Å². The number of nitrogens with zero attached hydrogens (tertiary/aromatic N) is 1. The third-order valence-corrected chi connectivity index (χ3v) is 4.62. The van der Waals surface area contributed by atoms with Crippen LogP contribution in [0.5, 0.6) is 17.2 Å². The summed E-state index contributed by atoms with van der Waals surface area (Å²) in [7, 11) is 1.53. The van der Waals surface area contributed by atoms with Gasteiger partial charge in [0.25, 0.3) is 5.91 Å². The summed E-state index contributed by atoms with van der Waals surface area (Å²) >= 11 is 1.41. The number of amides is 1. The van der Waals surface area contributed by atoms with Crippen LogP contribution in [0.25, 0.3) is 10.2 Å². The third-order valence-electron chi connectivity index (χ3n) is 3.69. The molecule has 2 N–H and O–H groups in total. The van der Waals surface area contributed by atoms with Crippen LogP contribution in [0.2, 0.25) is 0 Å². The van der Waals surface area contributed by atoms with E-state index in [0.29, 0.717) is 41.2 Å². The van der Waals surface area contributed by atoms with Crippen LogP contribution in [0, 0.1) is 0 Å². The van der Waals surface area contributed by atoms with E-state index in [-0.39, 0.29) is 5.91 Å². The predicted octanol–water partition coefficient (Wildman–Crippen LogP) is 2.83. The fraction of sp³-hybridized carbons (Fsp3) is 0.176. The second kappa shape index (κ2) is 6.48. The lowest BCUT2D eigenvalue weighted by Gasteiger charge is -2.17. The first-order chi connectivity index (χ1) is 12.2. The molecule has 0 bridgehead atoms. The normalized spacial score (nSPS) is 12.7. The Labute approximate surface area is 147 Å². The highest BCUT2D eigenvalue weighted by Crippen LogP contribution is 2.37. The maximum atomic E-state index is 12.3. The lowest BCUT2D eigenvalue weighted by atomic mass is 10.2. The fourth-order valence-corrected chi connectivity index (χ4v) is 3.36. The Morgan fingerprint density at radius 2 is 1.96 bits per heavy atom. The van der Waals surface area contributed by atoms with Crippen LogP contribution in [0.1, 0.15) is 10.4 Å². The van der Waals surface area contributed by atoms with Crippen LogP contribution in [-0.4, -0.2) is 31.2 Å². The van der Waals surface area contributed by atoms with Gasteiger partial charge in [0, 0.05) is 12.1 Å². The average molecular weight is 357 g/mol. The molecule has 0 radical (unpaired) electrons. The maximum absolute atomic E-state index is 12.3. The highest BCUT2D eigenvalue weighted by atomic mass is 32.1. The van der Waals surface area contributed by atoms with Crippen molar-refractivity contribution in [1.82, 2.24) is 10.4 Å². The van der Waals surface area contributed by atoms with Crippen molar-refractivity contribution >= 4 is 32.6 Å². The Morgan fingerprint density at radius 1 is 1.20 bits per heavy atom. The fourth-order valence-electron chi connectivity index (χ4n) is 2.53. The molecular weight excluding hydrogens is 342 g/mol. The molecule has 0 saturated carbocycles. The molecule has 2 aromatic carbocycles. The number of hydrazine groups is 1. The van der Waals surface area contributed by atoms with E-state index in [0.717, 1.165) is 10.2 Å². The van der Waals surface area contributed by atoms with Gasteiger partial charge in [0.1, 0.15) is 19.0 Å². The molecule has 0 fully saturated rings. The molecule has 0 atom stereocenters. The van der Waals surface area contributed by atoms with Gasteiger partial charge in [-0.15, -0.1) is 0 Å². The number of nitrogens with one attached hydrogen (secondary N) is 2. The van der Waals surface area contributed by atoms with Gasteiger partial charge in [-0.25, -0.2) is 4.98 Å². The third kappa shape index (κ3) is 3.03. The zero-order valence-corrected chi connectivity index (χ0v) is 14.2. The molecule has 4 rings (SSSR count). The Kier molecular flexibility index (Phi) is 4.02. The Hall–Kier alpha value is -3.00. The van der Waals surface area contributed by atoms with Crippen LogP contribution in [0.3, 0.4) is 0 Å². The number of hydrogen-bond acceptors (Lipinski definition) is 7. The molecule has 0 unspecified atom stereocenters. The number of carbonyl (C=O) groups is 1. The molecule has 0 aliphatic carbocycles. The number of para-hydroxylation sites is 1. The summed E-state index contributed by atoms with van der Waals surface area (Å²) in [4.78, 5) is 16.8. The maximum Gasteiger partial charge on any atom is 0.273 e. The highest BCUT2D eigenvalue weighted by Gasteiger charge is 2.16. The van der Waals surface area contributed by atoms with E-state index < -0.39 is 0 Å². The van der Waals surface area contributed by atoms with Crippen molar-refractivity contribution in [2.75, 3.05) is 25.7 Å². The van der Waals surface area contributed by atoms with Crippen LogP contribution in [0.4, 0.5) is 5.13 Å². The molecule has 3 aromatic rings. The number of aromatic nitrogens is 1. The summed E-state index contributed by atoms with van der Waals surface area (Å²) in [5.74, 6) is 1.61. The van der Waals surface area contributed by atoms with Crippen molar-refractivity contribution in [3.63, 3.8) is 0 Å². The van der Waals surface area contributed by atoms with E-state index in [4.69, 9.17) is 14.2 Å². The van der Waals surface area contributed by atoms with Crippen molar-refractivity contribution in [3.05, 3.63) is 42.0 Å². The largest absolute Gasteiger partial charge is 0.496 e. The predicted molar refractivity (Wildman–Crippen MR) is 94.7 cm³/mol. The molecule has 25 heavy (non-hydrogen) atoms. The van der Waals surface area contributed by atoms with Gasteiger partial charge in [-0.2, -0.15) is 0 Å². The molecule has 0 spiro atoms. The number of anilines is 1. The molecule has 8 heteroatoms. The SMILES string of the molecule is COc1ccccc1C(=O)NNc1nc2cc3c(cc2s1)OCCO3. The van der Waals surface area contributed by atoms with Crippen molar-refractivity contribution in [3.8, 4) is 17.2 Å². The molecule has 0 saturated heterocycles. The summed E-state index contributed by atoms with van der Waals surface area (Å²) in [5.41, 5.74) is 6.70. The summed E-state index contributed by atoms with van der Waals surface area (Å²) in [6.07, 6.45) is 0. The molecule has 2 heterocycles. The number of thiazole rings is 1. The first-order valence-corrected chi connectivity index (χ1v) is 8.46. The lowest BCUT2D eigenvalue weighted by molar-refractivity contribution is 0.0959. The average Bonchev–Trinajstić information content (AvgIpc) is 3.05.